The van der Waals surface area contributed by atoms with Crippen molar-refractivity contribution >= 4 is 20.9 Å². The number of sulfone groups is 1. The number of hydrogen-bond acceptors (Lipinski definition) is 3. The summed E-state index contributed by atoms with van der Waals surface area (Å²) >= 11 is 0. The quantitative estimate of drug-likeness (QED) is 0.747. The van der Waals surface area contributed by atoms with E-state index in [0.717, 1.165) is 16.9 Å². The van der Waals surface area contributed by atoms with Crippen LogP contribution in [-0.2, 0) is 16.3 Å². The van der Waals surface area contributed by atoms with E-state index in [1.54, 1.807) is 0 Å². The fourth-order valence-corrected chi connectivity index (χ4v) is 4.46. The van der Waals surface area contributed by atoms with Crippen LogP contribution in [0.2, 0.25) is 0 Å². The molecule has 0 atom stereocenters. The van der Waals surface area contributed by atoms with Crippen molar-refractivity contribution in [2.24, 2.45) is 0 Å². The molecule has 0 amide bonds. The smallest absolute Gasteiger partial charge is 0.154 e. The number of imidazole rings is 1. The van der Waals surface area contributed by atoms with Crippen molar-refractivity contribution in [1.29, 1.82) is 0 Å². The van der Waals surface area contributed by atoms with Crippen LogP contribution in [0.25, 0.3) is 11.0 Å². The van der Waals surface area contributed by atoms with E-state index < -0.39 is 9.84 Å². The standard InChI is InChI=1S/C17H16N2O2S/c20-22(21)11-14(12-22)19-16-9-5-4-8-15(16)18-17(19)10-13-6-2-1-3-7-13/h1-9,14H,10-12H2. The molecule has 2 heterocycles. The monoisotopic (exact) mass is 312 g/mol. The van der Waals surface area contributed by atoms with Gasteiger partial charge in [-0.2, -0.15) is 0 Å². The van der Waals surface area contributed by atoms with Crippen LogP contribution in [0.15, 0.2) is 54.6 Å². The average molecular weight is 312 g/mol. The first-order chi connectivity index (χ1) is 10.6. The predicted molar refractivity (Wildman–Crippen MR) is 86.7 cm³/mol. The van der Waals surface area contributed by atoms with Crippen molar-refractivity contribution in [2.45, 2.75) is 12.5 Å². The summed E-state index contributed by atoms with van der Waals surface area (Å²) in [5.41, 5.74) is 3.13. The molecule has 0 unspecified atom stereocenters. The summed E-state index contributed by atoms with van der Waals surface area (Å²) in [4.78, 5) is 4.73. The van der Waals surface area contributed by atoms with E-state index in [-0.39, 0.29) is 17.5 Å². The van der Waals surface area contributed by atoms with Gasteiger partial charge in [0, 0.05) is 6.42 Å². The van der Waals surface area contributed by atoms with Gasteiger partial charge in [-0.15, -0.1) is 0 Å². The van der Waals surface area contributed by atoms with E-state index in [4.69, 9.17) is 4.98 Å². The second kappa shape index (κ2) is 4.95. The van der Waals surface area contributed by atoms with Crippen LogP contribution in [0.5, 0.6) is 0 Å². The van der Waals surface area contributed by atoms with Gasteiger partial charge < -0.3 is 4.57 Å². The Balaban J connectivity index is 1.80. The third-order valence-corrected chi connectivity index (χ3v) is 5.92. The van der Waals surface area contributed by atoms with Crippen LogP contribution in [0.4, 0.5) is 0 Å². The van der Waals surface area contributed by atoms with Crippen molar-refractivity contribution in [1.82, 2.24) is 9.55 Å². The Morgan fingerprint density at radius 2 is 1.68 bits per heavy atom. The second-order valence-corrected chi connectivity index (χ2v) is 7.93. The van der Waals surface area contributed by atoms with Gasteiger partial charge in [0.2, 0.25) is 0 Å². The number of benzene rings is 2. The van der Waals surface area contributed by atoms with Crippen LogP contribution in [0, 0.1) is 0 Å². The van der Waals surface area contributed by atoms with Crippen LogP contribution in [-0.4, -0.2) is 29.5 Å². The lowest BCUT2D eigenvalue weighted by Gasteiger charge is -2.29. The van der Waals surface area contributed by atoms with Gasteiger partial charge in [0.05, 0.1) is 28.6 Å². The van der Waals surface area contributed by atoms with Crippen LogP contribution in [0.3, 0.4) is 0 Å². The van der Waals surface area contributed by atoms with Crippen molar-refractivity contribution < 1.29 is 8.42 Å². The zero-order valence-corrected chi connectivity index (χ0v) is 12.8. The summed E-state index contributed by atoms with van der Waals surface area (Å²) < 4.78 is 25.2. The molecule has 112 valence electrons. The minimum atomic E-state index is -2.86. The molecule has 3 aromatic rings. The van der Waals surface area contributed by atoms with Crippen LogP contribution in [0.1, 0.15) is 17.4 Å². The number of hydrogen-bond donors (Lipinski definition) is 0. The molecule has 0 bridgehead atoms. The number of rotatable bonds is 3. The van der Waals surface area contributed by atoms with Gasteiger partial charge in [-0.25, -0.2) is 13.4 Å². The minimum Gasteiger partial charge on any atom is -0.323 e. The maximum atomic E-state index is 11.6. The van der Waals surface area contributed by atoms with Gasteiger partial charge in [-0.3, -0.25) is 0 Å². The molecule has 1 aromatic heterocycles. The van der Waals surface area contributed by atoms with E-state index in [0.29, 0.717) is 6.42 Å². The molecule has 1 aliphatic heterocycles. The van der Waals surface area contributed by atoms with Gasteiger partial charge in [-0.05, 0) is 17.7 Å². The Morgan fingerprint density at radius 1 is 1.00 bits per heavy atom. The molecule has 1 saturated heterocycles. The molecule has 4 rings (SSSR count). The fraction of sp³-hybridized carbons (Fsp3) is 0.235. The van der Waals surface area contributed by atoms with E-state index >= 15 is 0 Å². The molecule has 0 N–H and O–H groups in total. The third kappa shape index (κ3) is 2.31. The summed E-state index contributed by atoms with van der Waals surface area (Å²) in [6.07, 6.45) is 0.714. The number of para-hydroxylation sites is 2. The lowest BCUT2D eigenvalue weighted by molar-refractivity contribution is 0.505. The highest BCUT2D eigenvalue weighted by Crippen LogP contribution is 2.30. The first kappa shape index (κ1) is 13.5. The zero-order chi connectivity index (χ0) is 15.2. The average Bonchev–Trinajstić information content (AvgIpc) is 2.83. The number of aromatic nitrogens is 2. The molecule has 4 nitrogen and oxygen atoms in total. The summed E-state index contributed by atoms with van der Waals surface area (Å²) in [5.74, 6) is 1.37. The van der Waals surface area contributed by atoms with E-state index in [2.05, 4.69) is 16.7 Å². The van der Waals surface area contributed by atoms with E-state index in [9.17, 15) is 8.42 Å². The van der Waals surface area contributed by atoms with Crippen molar-refractivity contribution in [3.05, 3.63) is 66.0 Å². The normalized spacial score (nSPS) is 17.5. The molecule has 1 fully saturated rings. The Labute approximate surface area is 129 Å². The van der Waals surface area contributed by atoms with E-state index in [1.807, 2.05) is 42.5 Å². The van der Waals surface area contributed by atoms with E-state index in [1.165, 1.54) is 5.56 Å². The molecular formula is C17H16N2O2S. The highest BCUT2D eigenvalue weighted by atomic mass is 32.2. The SMILES string of the molecule is O=S1(=O)CC(n2c(Cc3ccccc3)nc3ccccc32)C1. The topological polar surface area (TPSA) is 52.0 Å². The fourth-order valence-electron chi connectivity index (χ4n) is 3.09. The first-order valence-electron chi connectivity index (χ1n) is 7.32. The lowest BCUT2D eigenvalue weighted by Crippen LogP contribution is -2.38. The molecule has 0 radical (unpaired) electrons. The maximum Gasteiger partial charge on any atom is 0.154 e. The molecule has 2 aromatic carbocycles. The Morgan fingerprint density at radius 3 is 2.41 bits per heavy atom. The summed E-state index contributed by atoms with van der Waals surface area (Å²) in [6.45, 7) is 0. The molecule has 22 heavy (non-hydrogen) atoms. The summed E-state index contributed by atoms with van der Waals surface area (Å²) in [7, 11) is -2.86. The largest absolute Gasteiger partial charge is 0.323 e. The highest BCUT2D eigenvalue weighted by Gasteiger charge is 2.36. The van der Waals surface area contributed by atoms with Crippen molar-refractivity contribution in [3.8, 4) is 0 Å². The molecule has 0 aliphatic carbocycles. The summed E-state index contributed by atoms with van der Waals surface area (Å²) in [5, 5.41) is 0. The number of nitrogens with zero attached hydrogens (tertiary/aromatic N) is 2. The lowest BCUT2D eigenvalue weighted by atomic mass is 10.1. The maximum absolute atomic E-state index is 11.6. The highest BCUT2D eigenvalue weighted by molar-refractivity contribution is 7.92. The van der Waals surface area contributed by atoms with Gasteiger partial charge in [-0.1, -0.05) is 42.5 Å². The van der Waals surface area contributed by atoms with Crippen LogP contribution >= 0.6 is 0 Å². The minimum absolute atomic E-state index is 0.0103. The van der Waals surface area contributed by atoms with Gasteiger partial charge in [0.1, 0.15) is 5.82 Å². The first-order valence-corrected chi connectivity index (χ1v) is 9.15. The molecular weight excluding hydrogens is 296 g/mol. The van der Waals surface area contributed by atoms with Crippen molar-refractivity contribution in [3.63, 3.8) is 0 Å². The van der Waals surface area contributed by atoms with Crippen LogP contribution < -0.4 is 0 Å². The van der Waals surface area contributed by atoms with Gasteiger partial charge >= 0.3 is 0 Å². The molecule has 5 heteroatoms. The van der Waals surface area contributed by atoms with Crippen molar-refractivity contribution in [2.75, 3.05) is 11.5 Å². The molecule has 0 spiro atoms. The predicted octanol–water partition coefficient (Wildman–Crippen LogP) is 2.60. The van der Waals surface area contributed by atoms with Gasteiger partial charge in [0.15, 0.2) is 9.84 Å². The second-order valence-electron chi connectivity index (χ2n) is 5.78. The molecule has 1 aliphatic rings. The Kier molecular flexibility index (Phi) is 3.04. The zero-order valence-electron chi connectivity index (χ0n) is 12.0. The Hall–Kier alpha value is -2.14. The Bertz CT molecular complexity index is 918. The summed E-state index contributed by atoms with van der Waals surface area (Å²) in [6, 6.07) is 18.1. The third-order valence-electron chi connectivity index (χ3n) is 4.13. The number of fused-ring (bicyclic) bond motifs is 1. The molecule has 0 saturated carbocycles. The van der Waals surface area contributed by atoms with Gasteiger partial charge in [0.25, 0.3) is 0 Å².